The Morgan fingerprint density at radius 1 is 1.03 bits per heavy atom. The number of nitrogens with zero attached hydrogens (tertiary/aromatic N) is 1. The molecular formula is C22H27BrN2O5. The predicted octanol–water partition coefficient (Wildman–Crippen LogP) is 4.30. The van der Waals surface area contributed by atoms with E-state index >= 15 is 0 Å². The van der Waals surface area contributed by atoms with Crippen molar-refractivity contribution in [2.45, 2.75) is 26.2 Å². The van der Waals surface area contributed by atoms with Crippen molar-refractivity contribution in [1.82, 2.24) is 5.43 Å². The number of halogens is 1. The lowest BCUT2D eigenvalue weighted by atomic mass is 9.86. The summed E-state index contributed by atoms with van der Waals surface area (Å²) in [6.45, 7) is 6.10. The van der Waals surface area contributed by atoms with Crippen LogP contribution in [0.3, 0.4) is 0 Å². The van der Waals surface area contributed by atoms with Crippen molar-refractivity contribution in [3.8, 4) is 23.0 Å². The van der Waals surface area contributed by atoms with Gasteiger partial charge < -0.3 is 18.9 Å². The van der Waals surface area contributed by atoms with Gasteiger partial charge in [0.15, 0.2) is 18.1 Å². The molecule has 0 saturated carbocycles. The minimum Gasteiger partial charge on any atom is -0.493 e. The molecule has 8 heteroatoms. The summed E-state index contributed by atoms with van der Waals surface area (Å²) in [6, 6.07) is 9.17. The fourth-order valence-corrected chi connectivity index (χ4v) is 3.11. The van der Waals surface area contributed by atoms with Crippen LogP contribution in [0.2, 0.25) is 0 Å². The Balaban J connectivity index is 2.03. The van der Waals surface area contributed by atoms with Gasteiger partial charge in [-0.25, -0.2) is 5.43 Å². The molecule has 0 saturated heterocycles. The van der Waals surface area contributed by atoms with Crippen LogP contribution in [0.25, 0.3) is 0 Å². The molecule has 0 radical (unpaired) electrons. The second-order valence-electron chi connectivity index (χ2n) is 7.43. The molecule has 0 aromatic heterocycles. The average Bonchev–Trinajstić information content (AvgIpc) is 2.71. The molecule has 30 heavy (non-hydrogen) atoms. The Hall–Kier alpha value is -2.74. The molecule has 0 bridgehead atoms. The van der Waals surface area contributed by atoms with Gasteiger partial charge in [0.2, 0.25) is 5.75 Å². The van der Waals surface area contributed by atoms with Crippen molar-refractivity contribution in [2.24, 2.45) is 5.10 Å². The second-order valence-corrected chi connectivity index (χ2v) is 8.35. The Morgan fingerprint density at radius 3 is 2.20 bits per heavy atom. The lowest BCUT2D eigenvalue weighted by Gasteiger charge is -2.23. The zero-order chi connectivity index (χ0) is 22.3. The number of hydrazone groups is 1. The lowest BCUT2D eigenvalue weighted by Crippen LogP contribution is -2.25. The van der Waals surface area contributed by atoms with Crippen LogP contribution in [0.15, 0.2) is 39.9 Å². The van der Waals surface area contributed by atoms with E-state index in [0.717, 1.165) is 10.0 Å². The number of ether oxygens (including phenoxy) is 4. The van der Waals surface area contributed by atoms with Crippen molar-refractivity contribution in [2.75, 3.05) is 27.9 Å². The topological polar surface area (TPSA) is 78.4 Å². The van der Waals surface area contributed by atoms with Crippen LogP contribution in [0.5, 0.6) is 23.0 Å². The smallest absolute Gasteiger partial charge is 0.277 e. The van der Waals surface area contributed by atoms with Gasteiger partial charge in [-0.2, -0.15) is 5.10 Å². The minimum atomic E-state index is -0.374. The van der Waals surface area contributed by atoms with Crippen molar-refractivity contribution in [3.63, 3.8) is 0 Å². The fourth-order valence-electron chi connectivity index (χ4n) is 2.74. The van der Waals surface area contributed by atoms with Gasteiger partial charge in [-0.3, -0.25) is 4.79 Å². The molecule has 2 rings (SSSR count). The highest BCUT2D eigenvalue weighted by Crippen LogP contribution is 2.37. The van der Waals surface area contributed by atoms with E-state index < -0.39 is 0 Å². The number of benzene rings is 2. The molecule has 0 heterocycles. The van der Waals surface area contributed by atoms with E-state index in [1.165, 1.54) is 27.5 Å². The maximum Gasteiger partial charge on any atom is 0.277 e. The van der Waals surface area contributed by atoms with E-state index in [9.17, 15) is 4.79 Å². The van der Waals surface area contributed by atoms with Crippen LogP contribution in [0.4, 0.5) is 0 Å². The third kappa shape index (κ3) is 6.13. The number of amides is 1. The summed E-state index contributed by atoms with van der Waals surface area (Å²) in [5, 5.41) is 3.98. The first-order chi connectivity index (χ1) is 14.2. The zero-order valence-corrected chi connectivity index (χ0v) is 19.6. The summed E-state index contributed by atoms with van der Waals surface area (Å²) < 4.78 is 22.6. The third-order valence-electron chi connectivity index (χ3n) is 4.20. The van der Waals surface area contributed by atoms with E-state index in [0.29, 0.717) is 28.6 Å². The molecule has 1 amide bonds. The molecule has 0 aliphatic carbocycles. The monoisotopic (exact) mass is 478 g/mol. The standard InChI is InChI=1S/C22H27BrN2O5/c1-22(2,3)16-11-15(23)7-8-17(16)30-13-20(26)25-24-12-14-9-18(27-4)21(29-6)19(10-14)28-5/h7-12H,13H2,1-6H3,(H,25,26)/b24-12+. The van der Waals surface area contributed by atoms with Crippen LogP contribution in [0, 0.1) is 0 Å². The number of carbonyl (C=O) groups excluding carboxylic acids is 1. The van der Waals surface area contributed by atoms with Gasteiger partial charge in [0.1, 0.15) is 5.75 Å². The Kier molecular flexibility index (Phi) is 8.11. The maximum atomic E-state index is 12.2. The molecule has 0 aliphatic heterocycles. The zero-order valence-electron chi connectivity index (χ0n) is 18.0. The Labute approximate surface area is 185 Å². The molecular weight excluding hydrogens is 452 g/mol. The summed E-state index contributed by atoms with van der Waals surface area (Å²) in [4.78, 5) is 12.2. The highest BCUT2D eigenvalue weighted by molar-refractivity contribution is 9.10. The molecule has 162 valence electrons. The van der Waals surface area contributed by atoms with Crippen LogP contribution >= 0.6 is 15.9 Å². The third-order valence-corrected chi connectivity index (χ3v) is 4.69. The molecule has 0 atom stereocenters. The summed E-state index contributed by atoms with van der Waals surface area (Å²) >= 11 is 3.47. The molecule has 1 N–H and O–H groups in total. The Bertz CT molecular complexity index is 897. The van der Waals surface area contributed by atoms with Crippen molar-refractivity contribution >= 4 is 28.1 Å². The van der Waals surface area contributed by atoms with Crippen LogP contribution in [0.1, 0.15) is 31.9 Å². The van der Waals surface area contributed by atoms with Crippen molar-refractivity contribution in [3.05, 3.63) is 45.9 Å². The first-order valence-corrected chi connectivity index (χ1v) is 10.0. The van der Waals surface area contributed by atoms with E-state index in [2.05, 4.69) is 47.2 Å². The summed E-state index contributed by atoms with van der Waals surface area (Å²) in [5.41, 5.74) is 4.01. The predicted molar refractivity (Wildman–Crippen MR) is 120 cm³/mol. The average molecular weight is 479 g/mol. The maximum absolute atomic E-state index is 12.2. The SMILES string of the molecule is COc1cc(/C=N/NC(=O)COc2ccc(Br)cc2C(C)(C)C)cc(OC)c1OC. The number of hydrogen-bond donors (Lipinski definition) is 1. The lowest BCUT2D eigenvalue weighted by molar-refractivity contribution is -0.123. The number of methoxy groups -OCH3 is 3. The van der Waals surface area contributed by atoms with Gasteiger partial charge in [-0.05, 0) is 35.7 Å². The highest BCUT2D eigenvalue weighted by Gasteiger charge is 2.20. The van der Waals surface area contributed by atoms with Gasteiger partial charge in [0, 0.05) is 15.6 Å². The fraction of sp³-hybridized carbons (Fsp3) is 0.364. The summed E-state index contributed by atoms with van der Waals surface area (Å²) in [7, 11) is 4.60. The molecule has 2 aromatic carbocycles. The number of carbonyl (C=O) groups is 1. The van der Waals surface area contributed by atoms with Gasteiger partial charge in [-0.15, -0.1) is 0 Å². The van der Waals surface area contributed by atoms with Crippen molar-refractivity contribution < 1.29 is 23.7 Å². The Morgan fingerprint density at radius 2 is 1.67 bits per heavy atom. The van der Waals surface area contributed by atoms with Gasteiger partial charge in [0.05, 0.1) is 27.5 Å². The number of nitrogens with one attached hydrogen (secondary N) is 1. The molecule has 0 aliphatic rings. The summed E-state index contributed by atoms with van der Waals surface area (Å²) in [5.74, 6) is 1.77. The second kappa shape index (κ2) is 10.3. The molecule has 0 fully saturated rings. The molecule has 7 nitrogen and oxygen atoms in total. The van der Waals surface area contributed by atoms with E-state index in [4.69, 9.17) is 18.9 Å². The number of hydrogen-bond acceptors (Lipinski definition) is 6. The largest absolute Gasteiger partial charge is 0.493 e. The minimum absolute atomic E-state index is 0.125. The van der Waals surface area contributed by atoms with Crippen LogP contribution in [-0.4, -0.2) is 40.1 Å². The van der Waals surface area contributed by atoms with E-state index in [1.54, 1.807) is 12.1 Å². The number of rotatable bonds is 8. The first kappa shape index (κ1) is 23.5. The van der Waals surface area contributed by atoms with Gasteiger partial charge in [-0.1, -0.05) is 36.7 Å². The van der Waals surface area contributed by atoms with Crippen LogP contribution < -0.4 is 24.4 Å². The quantitative estimate of drug-likeness (QED) is 0.451. The van der Waals surface area contributed by atoms with Gasteiger partial charge >= 0.3 is 0 Å². The van der Waals surface area contributed by atoms with Gasteiger partial charge in [0.25, 0.3) is 5.91 Å². The molecule has 0 unspecified atom stereocenters. The highest BCUT2D eigenvalue weighted by atomic mass is 79.9. The molecule has 0 spiro atoms. The normalized spacial score (nSPS) is 11.3. The summed E-state index contributed by atoms with van der Waals surface area (Å²) in [6.07, 6.45) is 1.49. The van der Waals surface area contributed by atoms with Crippen molar-refractivity contribution in [1.29, 1.82) is 0 Å². The van der Waals surface area contributed by atoms with E-state index in [1.807, 2.05) is 18.2 Å². The molecule has 2 aromatic rings. The van der Waals surface area contributed by atoms with Crippen LogP contribution in [-0.2, 0) is 10.2 Å². The van der Waals surface area contributed by atoms with E-state index in [-0.39, 0.29) is 17.9 Å². The first-order valence-electron chi connectivity index (χ1n) is 9.24.